The lowest BCUT2D eigenvalue weighted by Crippen LogP contribution is -2.26. The topological polar surface area (TPSA) is 235 Å². The first-order chi connectivity index (χ1) is 42.3. The lowest BCUT2D eigenvalue weighted by Gasteiger charge is -2.24. The fourth-order valence-electron chi connectivity index (χ4n) is 10.9. The first-order valence-electron chi connectivity index (χ1n) is 30.3. The van der Waals surface area contributed by atoms with Crippen LogP contribution in [-0.4, -0.2) is 121 Å². The average molecular weight is 1270 g/mol. The highest BCUT2D eigenvalue weighted by molar-refractivity contribution is 6.76. The number of hydrogen-bond donors (Lipinski definition) is 0. The number of aryl methyl sites for hydroxylation is 2. The normalized spacial score (nSPS) is 12.7. The van der Waals surface area contributed by atoms with Crippen molar-refractivity contribution in [1.82, 2.24) is 28.2 Å². The van der Waals surface area contributed by atoms with Gasteiger partial charge in [0.15, 0.2) is 0 Å². The van der Waals surface area contributed by atoms with Crippen molar-refractivity contribution < 1.29 is 57.1 Å². The summed E-state index contributed by atoms with van der Waals surface area (Å²) < 4.78 is 52.9. The monoisotopic (exact) mass is 1260 g/mol. The number of ether oxygens (including phenoxy) is 8. The van der Waals surface area contributed by atoms with Gasteiger partial charge in [-0.25, -0.2) is 19.6 Å². The molecule has 8 aromatic rings. The SMILES string of the molecule is COC(=O)CCC(c1c(OC)cc(C)c2c1ccn2C(=O)OC(C)(C)C)c1nc2cc(C#N)ccc2n1COCC[Si](C)(C)C.COC(=O)CCC(c1c(OC)cc(C)c2c1ccn2C(=O)OC(C)(C)C)c1nc2ccc(C#N)cc2n1COCC[Si](C)(C)C. The third-order valence-corrected chi connectivity index (χ3v) is 18.7. The summed E-state index contributed by atoms with van der Waals surface area (Å²) in [7, 11) is 3.28. The van der Waals surface area contributed by atoms with Gasteiger partial charge in [-0.3, -0.25) is 18.7 Å². The minimum atomic E-state index is -1.34. The largest absolute Gasteiger partial charge is 0.496 e. The second kappa shape index (κ2) is 28.7. The molecule has 0 aliphatic heterocycles. The van der Waals surface area contributed by atoms with E-state index in [1.54, 1.807) is 44.8 Å². The van der Waals surface area contributed by atoms with Crippen molar-refractivity contribution in [3.63, 3.8) is 0 Å². The van der Waals surface area contributed by atoms with Crippen LogP contribution in [0.4, 0.5) is 9.59 Å². The third kappa shape index (κ3) is 16.8. The lowest BCUT2D eigenvalue weighted by molar-refractivity contribution is -0.141. The van der Waals surface area contributed by atoms with Crippen molar-refractivity contribution in [2.75, 3.05) is 41.7 Å². The van der Waals surface area contributed by atoms with E-state index in [2.05, 4.69) is 51.4 Å². The second-order valence-corrected chi connectivity index (χ2v) is 38.2. The standard InChI is InChI=1S/2C34H44N4O6Si/c1-22-18-28(41-5)30(24-14-15-37(31(22)24)33(40)44-34(2,3)4)25(11-13-29(39)42-6)32-36-26-19-23(20-35)10-12-27(26)38(32)21-43-16-17-45(7,8)9;1-22-18-28(41-5)30(24-14-15-37(31(22)24)33(40)44-34(2,3)4)25(11-13-29(39)42-6)32-36-26-12-10-23(20-35)19-27(26)38(32)21-43-16-17-45(7,8)9/h2*10,12,14-15,18-19,25H,11,13,16-17,21H2,1-9H3. The van der Waals surface area contributed by atoms with Gasteiger partial charge in [-0.05, 0) is 152 Å². The molecule has 0 aliphatic carbocycles. The van der Waals surface area contributed by atoms with Crippen molar-refractivity contribution in [3.8, 4) is 23.6 Å². The van der Waals surface area contributed by atoms with Crippen molar-refractivity contribution in [1.29, 1.82) is 10.5 Å². The van der Waals surface area contributed by atoms with Gasteiger partial charge in [0.25, 0.3) is 0 Å². The number of carbonyl (C=O) groups excluding carboxylic acids is 4. The van der Waals surface area contributed by atoms with E-state index in [4.69, 9.17) is 47.9 Å². The van der Waals surface area contributed by atoms with E-state index < -0.39 is 51.4 Å². The minimum Gasteiger partial charge on any atom is -0.496 e. The number of imidazole rings is 2. The van der Waals surface area contributed by atoms with Crippen LogP contribution < -0.4 is 9.47 Å². The molecule has 20 nitrogen and oxygen atoms in total. The number of aromatic nitrogens is 6. The van der Waals surface area contributed by atoms with Gasteiger partial charge >= 0.3 is 24.1 Å². The molecule has 90 heavy (non-hydrogen) atoms. The van der Waals surface area contributed by atoms with Crippen LogP contribution in [0.5, 0.6) is 11.5 Å². The fraction of sp³-hybridized carbons (Fsp3) is 0.471. The molecule has 4 aromatic heterocycles. The van der Waals surface area contributed by atoms with E-state index in [0.717, 1.165) is 56.1 Å². The van der Waals surface area contributed by atoms with Crippen molar-refractivity contribution >= 4 is 84.1 Å². The molecule has 0 spiro atoms. The zero-order valence-corrected chi connectivity index (χ0v) is 57.6. The first kappa shape index (κ1) is 69.2. The number of benzene rings is 4. The quantitative estimate of drug-likeness (QED) is 0.0265. The number of nitrogens with zero attached hydrogens (tertiary/aromatic N) is 8. The zero-order chi connectivity index (χ0) is 66.2. The van der Waals surface area contributed by atoms with Crippen molar-refractivity contribution in [3.05, 3.63) is 118 Å². The summed E-state index contributed by atoms with van der Waals surface area (Å²) in [5, 5.41) is 20.8. The van der Waals surface area contributed by atoms with Crippen LogP contribution >= 0.6 is 0 Å². The Morgan fingerprint density at radius 2 is 0.967 bits per heavy atom. The third-order valence-electron chi connectivity index (χ3n) is 15.2. The Hall–Kier alpha value is -8.29. The zero-order valence-electron chi connectivity index (χ0n) is 55.6. The molecule has 2 atom stereocenters. The molecule has 22 heteroatoms. The fourth-order valence-corrected chi connectivity index (χ4v) is 12.4. The van der Waals surface area contributed by atoms with Crippen LogP contribution in [0.2, 0.25) is 51.4 Å². The molecule has 0 saturated carbocycles. The molecule has 480 valence electrons. The summed E-state index contributed by atoms with van der Waals surface area (Å²) in [5.74, 6) is 0.894. The predicted octanol–water partition coefficient (Wildman–Crippen LogP) is 14.7. The van der Waals surface area contributed by atoms with E-state index in [9.17, 15) is 29.7 Å². The maximum atomic E-state index is 13.3. The smallest absolute Gasteiger partial charge is 0.419 e. The Morgan fingerprint density at radius 3 is 1.37 bits per heavy atom. The number of methoxy groups -OCH3 is 4. The van der Waals surface area contributed by atoms with Crippen LogP contribution in [0, 0.1) is 36.5 Å². The molecule has 0 saturated heterocycles. The minimum absolute atomic E-state index is 0.121. The molecule has 0 fully saturated rings. The van der Waals surface area contributed by atoms with E-state index >= 15 is 0 Å². The van der Waals surface area contributed by atoms with E-state index in [-0.39, 0.29) is 38.2 Å². The van der Waals surface area contributed by atoms with Crippen LogP contribution in [0.15, 0.2) is 73.1 Å². The van der Waals surface area contributed by atoms with Gasteiger partial charge in [0.05, 0.1) is 84.8 Å². The van der Waals surface area contributed by atoms with Crippen LogP contribution in [0.3, 0.4) is 0 Å². The molecule has 2 unspecified atom stereocenters. The molecule has 0 amide bonds. The van der Waals surface area contributed by atoms with Crippen LogP contribution in [0.1, 0.15) is 124 Å². The van der Waals surface area contributed by atoms with Gasteiger partial charge < -0.3 is 47.0 Å². The summed E-state index contributed by atoms with van der Waals surface area (Å²) >= 11 is 0. The van der Waals surface area contributed by atoms with E-state index in [1.165, 1.54) is 23.4 Å². The molecular weight excluding hydrogens is 1180 g/mol. The number of carbonyl (C=O) groups is 4. The number of nitriles is 2. The number of hydrogen-bond acceptors (Lipinski definition) is 16. The molecule has 0 aliphatic rings. The van der Waals surface area contributed by atoms with Gasteiger partial charge in [0, 0.05) is 88.3 Å². The van der Waals surface area contributed by atoms with Gasteiger partial charge in [-0.1, -0.05) is 39.3 Å². The lowest BCUT2D eigenvalue weighted by atomic mass is 9.88. The maximum absolute atomic E-state index is 13.3. The van der Waals surface area contributed by atoms with Crippen LogP contribution in [0.25, 0.3) is 43.9 Å². The highest BCUT2D eigenvalue weighted by Crippen LogP contribution is 2.45. The summed E-state index contributed by atoms with van der Waals surface area (Å²) in [5.41, 5.74) is 7.16. The molecular formula is C68H88N8O12Si2. The maximum Gasteiger partial charge on any atom is 0.419 e. The molecule has 4 aromatic carbocycles. The Kier molecular flexibility index (Phi) is 22.1. The van der Waals surface area contributed by atoms with E-state index in [0.29, 0.717) is 82.4 Å². The van der Waals surface area contributed by atoms with Gasteiger partial charge in [0.1, 0.15) is 47.8 Å². The Labute approximate surface area is 529 Å². The van der Waals surface area contributed by atoms with Crippen molar-refractivity contribution in [2.45, 2.75) is 169 Å². The first-order valence-corrected chi connectivity index (χ1v) is 37.7. The van der Waals surface area contributed by atoms with Crippen molar-refractivity contribution in [2.24, 2.45) is 0 Å². The molecule has 4 heterocycles. The molecule has 8 rings (SSSR count). The molecule has 0 bridgehead atoms. The number of rotatable bonds is 22. The molecule has 0 N–H and O–H groups in total. The summed E-state index contributed by atoms with van der Waals surface area (Å²) in [6, 6.07) is 24.8. The Morgan fingerprint density at radius 1 is 0.556 bits per heavy atom. The second-order valence-electron chi connectivity index (χ2n) is 26.9. The predicted molar refractivity (Wildman–Crippen MR) is 353 cm³/mol. The number of fused-ring (bicyclic) bond motifs is 4. The number of esters is 2. The Bertz CT molecular complexity index is 3880. The summed E-state index contributed by atoms with van der Waals surface area (Å²) in [6.45, 7) is 30.3. The van der Waals surface area contributed by atoms with Gasteiger partial charge in [-0.2, -0.15) is 10.5 Å². The molecule has 0 radical (unpaired) electrons. The van der Waals surface area contributed by atoms with Gasteiger partial charge in [-0.15, -0.1) is 0 Å². The Balaban J connectivity index is 0.000000256. The van der Waals surface area contributed by atoms with Crippen LogP contribution in [-0.2, 0) is 51.5 Å². The summed E-state index contributed by atoms with van der Waals surface area (Å²) in [4.78, 5) is 61.7. The van der Waals surface area contributed by atoms with E-state index in [1.807, 2.05) is 107 Å². The summed E-state index contributed by atoms with van der Waals surface area (Å²) in [6.07, 6.45) is 3.36. The van der Waals surface area contributed by atoms with Gasteiger partial charge in [0.2, 0.25) is 0 Å². The highest BCUT2D eigenvalue weighted by Gasteiger charge is 2.34. The average Bonchev–Trinajstić information content (AvgIpc) is 1.55. The highest BCUT2D eigenvalue weighted by atomic mass is 28.3.